The third-order valence-electron chi connectivity index (χ3n) is 5.15. The number of methoxy groups -OCH3 is 2. The van der Waals surface area contributed by atoms with Gasteiger partial charge in [0.05, 0.1) is 25.2 Å². The Balaban J connectivity index is 1.83. The summed E-state index contributed by atoms with van der Waals surface area (Å²) in [6.07, 6.45) is 0. The minimum absolute atomic E-state index is 0.365. The maximum Gasteiger partial charge on any atom is 0.348 e. The van der Waals surface area contributed by atoms with Crippen molar-refractivity contribution >= 4 is 33.5 Å². The van der Waals surface area contributed by atoms with Crippen LogP contribution in [0.15, 0.2) is 86.4 Å². The zero-order chi connectivity index (χ0) is 21.4. The minimum atomic E-state index is -0.469. The lowest BCUT2D eigenvalue weighted by Crippen LogP contribution is -2.00. The van der Waals surface area contributed by atoms with Gasteiger partial charge in [-0.05, 0) is 42.0 Å². The van der Waals surface area contributed by atoms with Crippen LogP contribution in [0.3, 0.4) is 0 Å². The van der Waals surface area contributed by atoms with Crippen LogP contribution in [0.4, 0.5) is 11.6 Å². The second kappa shape index (κ2) is 7.57. The zero-order valence-corrected chi connectivity index (χ0v) is 17.0. The molecular weight excluding hydrogens is 394 g/mol. The molecule has 5 aromatic rings. The van der Waals surface area contributed by atoms with E-state index in [2.05, 4.69) is 5.32 Å². The Hall–Kier alpha value is -4.19. The lowest BCUT2D eigenvalue weighted by atomic mass is 10.0. The minimum Gasteiger partial charge on any atom is -0.493 e. The largest absolute Gasteiger partial charge is 0.493 e. The lowest BCUT2D eigenvalue weighted by Gasteiger charge is -2.10. The van der Waals surface area contributed by atoms with Crippen molar-refractivity contribution < 1.29 is 18.3 Å². The van der Waals surface area contributed by atoms with Crippen LogP contribution in [-0.2, 0) is 0 Å². The second-order valence-electron chi connectivity index (χ2n) is 6.96. The van der Waals surface area contributed by atoms with E-state index >= 15 is 0 Å². The summed E-state index contributed by atoms with van der Waals surface area (Å²) in [6, 6.07) is 22.4. The summed E-state index contributed by atoms with van der Waals surface area (Å²) >= 11 is 0. The third-order valence-corrected chi connectivity index (χ3v) is 5.15. The molecule has 0 aliphatic carbocycles. The van der Waals surface area contributed by atoms with Crippen molar-refractivity contribution in [2.24, 2.45) is 0 Å². The monoisotopic (exact) mass is 413 g/mol. The number of benzene rings is 3. The van der Waals surface area contributed by atoms with Crippen molar-refractivity contribution in [1.29, 1.82) is 0 Å². The molecule has 0 spiro atoms. The maximum absolute atomic E-state index is 13.0. The van der Waals surface area contributed by atoms with Crippen LogP contribution in [0.1, 0.15) is 0 Å². The molecule has 1 N–H and O–H groups in total. The quantitative estimate of drug-likeness (QED) is 0.358. The van der Waals surface area contributed by atoms with Gasteiger partial charge in [0.1, 0.15) is 11.0 Å². The highest BCUT2D eigenvalue weighted by molar-refractivity contribution is 6.10. The Labute approximate surface area is 177 Å². The van der Waals surface area contributed by atoms with Gasteiger partial charge < -0.3 is 23.6 Å². The Kier molecular flexibility index (Phi) is 4.59. The van der Waals surface area contributed by atoms with Crippen molar-refractivity contribution in [3.8, 4) is 22.6 Å². The number of hydrogen-bond donors (Lipinski definition) is 1. The van der Waals surface area contributed by atoms with E-state index in [1.54, 1.807) is 26.4 Å². The molecule has 0 saturated heterocycles. The van der Waals surface area contributed by atoms with Gasteiger partial charge in [0, 0.05) is 5.69 Å². The topological polar surface area (TPSA) is 73.8 Å². The average Bonchev–Trinajstić information content (AvgIpc) is 3.19. The standard InChI is InChI=1S/C25H19NO5/c1-28-19-13-12-15(14-20(19)29-2)21-22-23(17-10-6-7-11-18(17)30-25(22)27)31-24(21)26-16-8-4-3-5-9-16/h3-14,26H,1-2H3. The fourth-order valence-corrected chi connectivity index (χ4v) is 3.72. The highest BCUT2D eigenvalue weighted by atomic mass is 16.5. The molecule has 3 aromatic carbocycles. The molecular formula is C25H19NO5. The molecule has 0 fully saturated rings. The van der Waals surface area contributed by atoms with E-state index < -0.39 is 5.63 Å². The van der Waals surface area contributed by atoms with Crippen LogP contribution in [0.25, 0.3) is 33.1 Å². The zero-order valence-electron chi connectivity index (χ0n) is 17.0. The van der Waals surface area contributed by atoms with Crippen molar-refractivity contribution in [1.82, 2.24) is 0 Å². The van der Waals surface area contributed by atoms with E-state index in [1.165, 1.54) is 0 Å². The summed E-state index contributed by atoms with van der Waals surface area (Å²) in [5.74, 6) is 1.58. The second-order valence-corrected chi connectivity index (χ2v) is 6.96. The van der Waals surface area contributed by atoms with Crippen molar-refractivity contribution in [2.45, 2.75) is 0 Å². The predicted octanol–water partition coefficient (Wildman–Crippen LogP) is 5.97. The van der Waals surface area contributed by atoms with E-state index in [1.807, 2.05) is 60.7 Å². The van der Waals surface area contributed by atoms with E-state index in [0.717, 1.165) is 16.6 Å². The summed E-state index contributed by atoms with van der Waals surface area (Å²) < 4.78 is 22.7. The van der Waals surface area contributed by atoms with E-state index in [9.17, 15) is 4.79 Å². The van der Waals surface area contributed by atoms with Gasteiger partial charge in [-0.15, -0.1) is 0 Å². The number of hydrogen-bond acceptors (Lipinski definition) is 6. The molecule has 0 aliphatic heterocycles. The normalized spacial score (nSPS) is 11.0. The number of para-hydroxylation sites is 2. The van der Waals surface area contributed by atoms with Gasteiger partial charge in [-0.1, -0.05) is 36.4 Å². The summed E-state index contributed by atoms with van der Waals surface area (Å²) in [5.41, 5.74) is 2.63. The van der Waals surface area contributed by atoms with Gasteiger partial charge in [0.15, 0.2) is 17.1 Å². The molecule has 0 saturated carbocycles. The van der Waals surface area contributed by atoms with Gasteiger partial charge in [-0.3, -0.25) is 0 Å². The van der Waals surface area contributed by atoms with E-state index in [-0.39, 0.29) is 0 Å². The molecule has 31 heavy (non-hydrogen) atoms. The SMILES string of the molecule is COc1ccc(-c2c(Nc3ccccc3)oc3c2c(=O)oc2ccccc23)cc1OC. The molecule has 0 atom stereocenters. The van der Waals surface area contributed by atoms with Crippen LogP contribution >= 0.6 is 0 Å². The van der Waals surface area contributed by atoms with Gasteiger partial charge >= 0.3 is 5.63 Å². The summed E-state index contributed by atoms with van der Waals surface area (Å²) in [6.45, 7) is 0. The molecule has 2 aromatic heterocycles. The van der Waals surface area contributed by atoms with Gasteiger partial charge in [0.25, 0.3) is 0 Å². The van der Waals surface area contributed by atoms with Crippen LogP contribution in [0.5, 0.6) is 11.5 Å². The van der Waals surface area contributed by atoms with Gasteiger partial charge in [-0.2, -0.15) is 0 Å². The number of nitrogens with one attached hydrogen (secondary N) is 1. The first kappa shape index (κ1) is 18.8. The number of ether oxygens (including phenoxy) is 2. The van der Waals surface area contributed by atoms with Crippen LogP contribution in [-0.4, -0.2) is 14.2 Å². The first-order chi connectivity index (χ1) is 15.2. The highest BCUT2D eigenvalue weighted by Crippen LogP contribution is 2.43. The molecule has 6 nitrogen and oxygen atoms in total. The molecule has 5 rings (SSSR count). The predicted molar refractivity (Wildman–Crippen MR) is 121 cm³/mol. The Bertz CT molecular complexity index is 1450. The molecule has 0 radical (unpaired) electrons. The van der Waals surface area contributed by atoms with E-state index in [0.29, 0.717) is 39.5 Å². The number of anilines is 2. The van der Waals surface area contributed by atoms with Crippen LogP contribution in [0.2, 0.25) is 0 Å². The van der Waals surface area contributed by atoms with Crippen molar-refractivity contribution in [2.75, 3.05) is 19.5 Å². The Morgan fingerprint density at radius 1 is 0.806 bits per heavy atom. The summed E-state index contributed by atoms with van der Waals surface area (Å²) in [5, 5.41) is 4.39. The molecule has 2 heterocycles. The van der Waals surface area contributed by atoms with Crippen molar-refractivity contribution in [3.63, 3.8) is 0 Å². The highest BCUT2D eigenvalue weighted by Gasteiger charge is 2.23. The molecule has 0 amide bonds. The first-order valence-corrected chi connectivity index (χ1v) is 9.72. The number of furan rings is 1. The smallest absolute Gasteiger partial charge is 0.348 e. The first-order valence-electron chi connectivity index (χ1n) is 9.72. The molecule has 0 aliphatic rings. The van der Waals surface area contributed by atoms with Crippen molar-refractivity contribution in [3.05, 3.63) is 83.2 Å². The Morgan fingerprint density at radius 2 is 1.55 bits per heavy atom. The fourth-order valence-electron chi connectivity index (χ4n) is 3.72. The van der Waals surface area contributed by atoms with Crippen LogP contribution < -0.4 is 20.4 Å². The average molecular weight is 413 g/mol. The Morgan fingerprint density at radius 3 is 2.32 bits per heavy atom. The van der Waals surface area contributed by atoms with E-state index in [4.69, 9.17) is 18.3 Å². The van der Waals surface area contributed by atoms with Gasteiger partial charge in [-0.25, -0.2) is 4.79 Å². The summed E-state index contributed by atoms with van der Waals surface area (Å²) in [4.78, 5) is 13.0. The van der Waals surface area contributed by atoms with Crippen LogP contribution in [0, 0.1) is 0 Å². The number of rotatable bonds is 5. The summed E-state index contributed by atoms with van der Waals surface area (Å²) in [7, 11) is 3.15. The molecule has 0 unspecified atom stereocenters. The third kappa shape index (κ3) is 3.18. The fraction of sp³-hybridized carbons (Fsp3) is 0.0800. The van der Waals surface area contributed by atoms with Gasteiger partial charge in [0.2, 0.25) is 5.88 Å². The lowest BCUT2D eigenvalue weighted by molar-refractivity contribution is 0.355. The molecule has 0 bridgehead atoms. The number of fused-ring (bicyclic) bond motifs is 3. The maximum atomic E-state index is 13.0. The molecule has 6 heteroatoms. The molecule has 154 valence electrons.